The van der Waals surface area contributed by atoms with Crippen LogP contribution in [0.25, 0.3) is 10.9 Å². The van der Waals surface area contributed by atoms with Gasteiger partial charge in [0.2, 0.25) is 0 Å². The Labute approximate surface area is 118 Å². The fourth-order valence-corrected chi connectivity index (χ4v) is 2.07. The number of pyridine rings is 1. The molecule has 0 saturated carbocycles. The van der Waals surface area contributed by atoms with Gasteiger partial charge in [0.15, 0.2) is 5.84 Å². The molecule has 2 rings (SSSR count). The molecular weight excluding hydrogens is 252 g/mol. The van der Waals surface area contributed by atoms with Crippen molar-refractivity contribution in [3.05, 3.63) is 42.1 Å². The van der Waals surface area contributed by atoms with Crippen LogP contribution < -0.4 is 5.73 Å². The van der Waals surface area contributed by atoms with E-state index in [1.807, 2.05) is 30.3 Å². The molecule has 0 fully saturated rings. The van der Waals surface area contributed by atoms with Crippen molar-refractivity contribution in [1.29, 1.82) is 0 Å². The number of hydrogen-bond donors (Lipinski definition) is 2. The maximum Gasteiger partial charge on any atom is 0.153 e. The van der Waals surface area contributed by atoms with Gasteiger partial charge in [0.05, 0.1) is 17.8 Å². The monoisotopic (exact) mass is 272 g/mol. The van der Waals surface area contributed by atoms with Gasteiger partial charge >= 0.3 is 0 Å². The van der Waals surface area contributed by atoms with Crippen molar-refractivity contribution < 1.29 is 5.21 Å². The first kappa shape index (κ1) is 14.3. The minimum absolute atomic E-state index is 0.208. The lowest BCUT2D eigenvalue weighted by Crippen LogP contribution is -2.38. The van der Waals surface area contributed by atoms with Crippen molar-refractivity contribution in [2.24, 2.45) is 10.9 Å². The summed E-state index contributed by atoms with van der Waals surface area (Å²) in [6.07, 6.45) is 0. The molecule has 0 aliphatic carbocycles. The maximum absolute atomic E-state index is 8.69. The molecule has 106 valence electrons. The molecular formula is C15H20N4O. The molecule has 5 heteroatoms. The fourth-order valence-electron chi connectivity index (χ4n) is 2.07. The largest absolute Gasteiger partial charge is 0.409 e. The highest BCUT2D eigenvalue weighted by Crippen LogP contribution is 2.13. The number of aromatic nitrogens is 1. The molecule has 3 N–H and O–H groups in total. The van der Waals surface area contributed by atoms with Gasteiger partial charge in [-0.15, -0.1) is 0 Å². The predicted molar refractivity (Wildman–Crippen MR) is 80.7 cm³/mol. The third-order valence-electron chi connectivity index (χ3n) is 3.25. The SMILES string of the molecule is CC(C)N(CC(N)=NO)Cc1ccc2ccccc2n1. The lowest BCUT2D eigenvalue weighted by atomic mass is 10.2. The smallest absolute Gasteiger partial charge is 0.153 e. The highest BCUT2D eigenvalue weighted by molar-refractivity contribution is 5.81. The second-order valence-electron chi connectivity index (χ2n) is 5.09. The van der Waals surface area contributed by atoms with E-state index in [0.717, 1.165) is 16.6 Å². The number of rotatable bonds is 5. The zero-order chi connectivity index (χ0) is 14.5. The van der Waals surface area contributed by atoms with Crippen LogP contribution in [-0.2, 0) is 6.54 Å². The Morgan fingerprint density at radius 1 is 1.30 bits per heavy atom. The number of oxime groups is 1. The van der Waals surface area contributed by atoms with E-state index in [4.69, 9.17) is 10.9 Å². The molecule has 0 bridgehead atoms. The molecule has 0 atom stereocenters. The molecule has 0 amide bonds. The van der Waals surface area contributed by atoms with Crippen molar-refractivity contribution >= 4 is 16.7 Å². The second kappa shape index (κ2) is 6.34. The molecule has 0 spiro atoms. The van der Waals surface area contributed by atoms with E-state index in [0.29, 0.717) is 13.1 Å². The van der Waals surface area contributed by atoms with Gasteiger partial charge in [-0.3, -0.25) is 9.88 Å². The second-order valence-corrected chi connectivity index (χ2v) is 5.09. The van der Waals surface area contributed by atoms with Crippen LogP contribution in [0.1, 0.15) is 19.5 Å². The van der Waals surface area contributed by atoms with Crippen molar-refractivity contribution in [2.75, 3.05) is 6.54 Å². The standard InChI is InChI=1S/C15H20N4O/c1-11(2)19(10-15(16)18-20)9-13-8-7-12-5-3-4-6-14(12)17-13/h3-8,11,20H,9-10H2,1-2H3,(H2,16,18). The summed E-state index contributed by atoms with van der Waals surface area (Å²) in [6.45, 7) is 5.23. The molecule has 1 heterocycles. The topological polar surface area (TPSA) is 74.7 Å². The van der Waals surface area contributed by atoms with Crippen molar-refractivity contribution in [3.63, 3.8) is 0 Å². The highest BCUT2D eigenvalue weighted by atomic mass is 16.4. The molecule has 1 aromatic carbocycles. The summed E-state index contributed by atoms with van der Waals surface area (Å²) in [7, 11) is 0. The Balaban J connectivity index is 2.19. The van der Waals surface area contributed by atoms with Gasteiger partial charge in [-0.25, -0.2) is 0 Å². The predicted octanol–water partition coefficient (Wildman–Crippen LogP) is 2.19. The summed E-state index contributed by atoms with van der Waals surface area (Å²) in [4.78, 5) is 6.75. The third kappa shape index (κ3) is 3.45. The van der Waals surface area contributed by atoms with Crippen LogP contribution in [0.15, 0.2) is 41.6 Å². The number of hydrogen-bond acceptors (Lipinski definition) is 4. The third-order valence-corrected chi connectivity index (χ3v) is 3.25. The van der Waals surface area contributed by atoms with Gasteiger partial charge in [0.25, 0.3) is 0 Å². The lowest BCUT2D eigenvalue weighted by Gasteiger charge is -2.25. The van der Waals surface area contributed by atoms with Gasteiger partial charge in [0, 0.05) is 18.0 Å². The summed E-state index contributed by atoms with van der Waals surface area (Å²) >= 11 is 0. The molecule has 0 aliphatic rings. The van der Waals surface area contributed by atoms with Crippen molar-refractivity contribution in [1.82, 2.24) is 9.88 Å². The highest BCUT2D eigenvalue weighted by Gasteiger charge is 2.13. The van der Waals surface area contributed by atoms with Crippen LogP contribution in [0.2, 0.25) is 0 Å². The molecule has 0 radical (unpaired) electrons. The Morgan fingerprint density at radius 3 is 2.75 bits per heavy atom. The average Bonchev–Trinajstić information content (AvgIpc) is 2.46. The van der Waals surface area contributed by atoms with E-state index in [2.05, 4.69) is 35.0 Å². The van der Waals surface area contributed by atoms with E-state index in [1.165, 1.54) is 0 Å². The number of benzene rings is 1. The van der Waals surface area contributed by atoms with Crippen LogP contribution in [-0.4, -0.2) is 33.5 Å². The average molecular weight is 272 g/mol. The Hall–Kier alpha value is -2.14. The Kier molecular flexibility index (Phi) is 4.53. The van der Waals surface area contributed by atoms with E-state index in [9.17, 15) is 0 Å². The molecule has 0 unspecified atom stereocenters. The van der Waals surface area contributed by atoms with Gasteiger partial charge in [-0.2, -0.15) is 0 Å². The number of fused-ring (bicyclic) bond motifs is 1. The van der Waals surface area contributed by atoms with Gasteiger partial charge in [0.1, 0.15) is 0 Å². The first-order chi connectivity index (χ1) is 9.60. The lowest BCUT2D eigenvalue weighted by molar-refractivity contribution is 0.236. The zero-order valence-corrected chi connectivity index (χ0v) is 11.8. The Morgan fingerprint density at radius 2 is 2.05 bits per heavy atom. The Bertz CT molecular complexity index is 610. The van der Waals surface area contributed by atoms with E-state index in [1.54, 1.807) is 0 Å². The molecule has 20 heavy (non-hydrogen) atoms. The van der Waals surface area contributed by atoms with Crippen LogP contribution >= 0.6 is 0 Å². The quantitative estimate of drug-likeness (QED) is 0.379. The summed E-state index contributed by atoms with van der Waals surface area (Å²) in [6, 6.07) is 12.4. The number of nitrogens with zero attached hydrogens (tertiary/aromatic N) is 3. The minimum Gasteiger partial charge on any atom is -0.409 e. The van der Waals surface area contributed by atoms with E-state index < -0.39 is 0 Å². The zero-order valence-electron chi connectivity index (χ0n) is 11.8. The minimum atomic E-state index is 0.208. The summed E-state index contributed by atoms with van der Waals surface area (Å²) in [5.74, 6) is 0.208. The van der Waals surface area contributed by atoms with Crippen LogP contribution in [0.5, 0.6) is 0 Å². The number of nitrogens with two attached hydrogens (primary N) is 1. The van der Waals surface area contributed by atoms with Crippen LogP contribution in [0.3, 0.4) is 0 Å². The summed E-state index contributed by atoms with van der Waals surface area (Å²) in [5, 5.41) is 12.9. The summed E-state index contributed by atoms with van der Waals surface area (Å²) < 4.78 is 0. The fraction of sp³-hybridized carbons (Fsp3) is 0.333. The molecule has 1 aromatic heterocycles. The molecule has 5 nitrogen and oxygen atoms in total. The first-order valence-corrected chi connectivity index (χ1v) is 6.65. The van der Waals surface area contributed by atoms with Gasteiger partial charge < -0.3 is 10.9 Å². The van der Waals surface area contributed by atoms with Crippen LogP contribution in [0, 0.1) is 0 Å². The van der Waals surface area contributed by atoms with Crippen molar-refractivity contribution in [2.45, 2.75) is 26.4 Å². The number of para-hydroxylation sites is 1. The van der Waals surface area contributed by atoms with Crippen molar-refractivity contribution in [3.8, 4) is 0 Å². The molecule has 2 aromatic rings. The maximum atomic E-state index is 8.69. The van der Waals surface area contributed by atoms with E-state index in [-0.39, 0.29) is 11.9 Å². The summed E-state index contributed by atoms with van der Waals surface area (Å²) in [5.41, 5.74) is 7.55. The molecule has 0 saturated heterocycles. The van der Waals surface area contributed by atoms with Crippen LogP contribution in [0.4, 0.5) is 0 Å². The first-order valence-electron chi connectivity index (χ1n) is 6.65. The molecule has 0 aliphatic heterocycles. The van der Waals surface area contributed by atoms with Gasteiger partial charge in [-0.05, 0) is 26.0 Å². The number of amidine groups is 1. The van der Waals surface area contributed by atoms with Gasteiger partial charge in [-0.1, -0.05) is 29.4 Å². The normalized spacial score (nSPS) is 12.5. The van der Waals surface area contributed by atoms with E-state index >= 15 is 0 Å².